The lowest BCUT2D eigenvalue weighted by molar-refractivity contribution is 0.0762. The molecule has 0 amide bonds. The highest BCUT2D eigenvalue weighted by molar-refractivity contribution is 5.26. The van der Waals surface area contributed by atoms with Crippen molar-refractivity contribution in [2.75, 3.05) is 0 Å². The normalized spacial score (nSPS) is 60.4. The summed E-state index contributed by atoms with van der Waals surface area (Å²) in [5, 5.41) is 0. The number of hydrogen-bond donors (Lipinski definition) is 0. The van der Waals surface area contributed by atoms with Gasteiger partial charge < -0.3 is 0 Å². The lowest BCUT2D eigenvalue weighted by Crippen LogP contribution is -2.37. The lowest BCUT2D eigenvalue weighted by atomic mass is 9.62. The highest BCUT2D eigenvalue weighted by atomic mass is 14.7. The van der Waals surface area contributed by atoms with E-state index in [9.17, 15) is 0 Å². The molecule has 0 aromatic carbocycles. The Balaban J connectivity index is 2.09. The fourth-order valence-electron chi connectivity index (χ4n) is 5.15. The fourth-order valence-corrected chi connectivity index (χ4v) is 5.15. The van der Waals surface area contributed by atoms with E-state index in [0.29, 0.717) is 10.8 Å². The van der Waals surface area contributed by atoms with Gasteiger partial charge in [0.25, 0.3) is 0 Å². The maximum absolute atomic E-state index is 2.55. The van der Waals surface area contributed by atoms with Gasteiger partial charge in [-0.25, -0.2) is 0 Å². The number of hydrogen-bond acceptors (Lipinski definition) is 0. The molecule has 0 bridgehead atoms. The van der Waals surface area contributed by atoms with E-state index in [-0.39, 0.29) is 0 Å². The van der Waals surface area contributed by atoms with Crippen molar-refractivity contribution in [3.8, 4) is 0 Å². The maximum Gasteiger partial charge on any atom is -0.00816 e. The van der Waals surface area contributed by atoms with Gasteiger partial charge in [-0.05, 0) is 54.3 Å². The monoisotopic (exact) mass is 190 g/mol. The molecule has 0 N–H and O–H groups in total. The van der Waals surface area contributed by atoms with Gasteiger partial charge >= 0.3 is 0 Å². The first-order valence-electron chi connectivity index (χ1n) is 6.29. The van der Waals surface area contributed by atoms with Crippen LogP contribution in [0.2, 0.25) is 0 Å². The van der Waals surface area contributed by atoms with E-state index in [0.717, 1.165) is 17.8 Å². The quantitative estimate of drug-likeness (QED) is 0.506. The molecule has 0 saturated heterocycles. The highest BCUT2D eigenvalue weighted by Gasteiger charge is 2.63. The van der Waals surface area contributed by atoms with Crippen molar-refractivity contribution in [1.82, 2.24) is 0 Å². The van der Waals surface area contributed by atoms with E-state index in [4.69, 9.17) is 0 Å². The third-order valence-electron chi connectivity index (χ3n) is 5.97. The zero-order valence-corrected chi connectivity index (χ0v) is 9.72. The standard InChI is InChI=1S/C14H22/c1-10-4-9-14-11(2)5-7-13(14,3)8-6-12(10)14/h5,7,10-12H,4,6,8-9H2,1-3H3/t10-,11-,12+,13-,14+/m0/s1. The molecule has 0 aromatic rings. The number of allylic oxidation sites excluding steroid dienone is 2. The minimum atomic E-state index is 0.557. The Morgan fingerprint density at radius 1 is 1.14 bits per heavy atom. The second-order valence-electron chi connectivity index (χ2n) is 6.27. The van der Waals surface area contributed by atoms with Crippen LogP contribution in [0.3, 0.4) is 0 Å². The molecule has 78 valence electrons. The molecule has 0 nitrogen and oxygen atoms in total. The molecule has 1 spiro atoms. The average Bonchev–Trinajstić information content (AvgIpc) is 2.70. The van der Waals surface area contributed by atoms with Gasteiger partial charge in [0, 0.05) is 0 Å². The van der Waals surface area contributed by atoms with Crippen molar-refractivity contribution >= 4 is 0 Å². The topological polar surface area (TPSA) is 0 Å². The lowest BCUT2D eigenvalue weighted by Gasteiger charge is -2.42. The summed E-state index contributed by atoms with van der Waals surface area (Å²) in [6.45, 7) is 7.46. The molecule has 0 aromatic heterocycles. The van der Waals surface area contributed by atoms with E-state index in [2.05, 4.69) is 32.9 Å². The van der Waals surface area contributed by atoms with Crippen molar-refractivity contribution in [1.29, 1.82) is 0 Å². The van der Waals surface area contributed by atoms with E-state index >= 15 is 0 Å². The number of rotatable bonds is 0. The molecule has 2 fully saturated rings. The molecule has 0 radical (unpaired) electrons. The predicted octanol–water partition coefficient (Wildman–Crippen LogP) is 4.02. The molecule has 2 saturated carbocycles. The van der Waals surface area contributed by atoms with Crippen molar-refractivity contribution in [2.45, 2.75) is 46.5 Å². The zero-order valence-electron chi connectivity index (χ0n) is 9.72. The van der Waals surface area contributed by atoms with Crippen molar-refractivity contribution < 1.29 is 0 Å². The predicted molar refractivity (Wildman–Crippen MR) is 60.0 cm³/mol. The van der Waals surface area contributed by atoms with Gasteiger partial charge in [0.05, 0.1) is 0 Å². The summed E-state index contributed by atoms with van der Waals surface area (Å²) in [7, 11) is 0. The van der Waals surface area contributed by atoms with Crippen LogP contribution in [0, 0.1) is 28.6 Å². The third kappa shape index (κ3) is 0.741. The molecule has 14 heavy (non-hydrogen) atoms. The second-order valence-corrected chi connectivity index (χ2v) is 6.27. The summed E-state index contributed by atoms with van der Waals surface area (Å²) in [4.78, 5) is 0. The van der Waals surface area contributed by atoms with Crippen LogP contribution in [-0.2, 0) is 0 Å². The van der Waals surface area contributed by atoms with Gasteiger partial charge in [0.2, 0.25) is 0 Å². The van der Waals surface area contributed by atoms with Crippen LogP contribution in [0.25, 0.3) is 0 Å². The SMILES string of the molecule is C[C@H]1CC[C@@]23[C@@H]1CC[C@]2(C)C=C[C@@H]3C. The largest absolute Gasteiger partial charge is 0.0845 e. The first-order chi connectivity index (χ1) is 6.60. The van der Waals surface area contributed by atoms with Crippen molar-refractivity contribution in [3.05, 3.63) is 12.2 Å². The molecule has 0 unspecified atom stereocenters. The minimum Gasteiger partial charge on any atom is -0.0845 e. The molecule has 3 aliphatic rings. The Kier molecular flexibility index (Phi) is 1.58. The van der Waals surface area contributed by atoms with Crippen LogP contribution in [-0.4, -0.2) is 0 Å². The van der Waals surface area contributed by atoms with Gasteiger partial charge in [-0.2, -0.15) is 0 Å². The molecule has 0 aliphatic heterocycles. The average molecular weight is 190 g/mol. The Morgan fingerprint density at radius 2 is 1.93 bits per heavy atom. The Bertz CT molecular complexity index is 290. The second kappa shape index (κ2) is 2.46. The Morgan fingerprint density at radius 3 is 2.71 bits per heavy atom. The van der Waals surface area contributed by atoms with E-state index in [1.54, 1.807) is 0 Å². The smallest absolute Gasteiger partial charge is 0.00816 e. The zero-order chi connectivity index (χ0) is 9.97. The maximum atomic E-state index is 2.55. The first-order valence-corrected chi connectivity index (χ1v) is 6.29. The third-order valence-corrected chi connectivity index (χ3v) is 5.97. The molecule has 3 rings (SSSR count). The van der Waals surface area contributed by atoms with Crippen molar-refractivity contribution in [3.63, 3.8) is 0 Å². The molecular formula is C14H22. The summed E-state index contributed by atoms with van der Waals surface area (Å²) >= 11 is 0. The summed E-state index contributed by atoms with van der Waals surface area (Å²) in [6, 6.07) is 0. The van der Waals surface area contributed by atoms with Crippen LogP contribution in [0.4, 0.5) is 0 Å². The first kappa shape index (κ1) is 9.00. The van der Waals surface area contributed by atoms with E-state index in [1.165, 1.54) is 25.7 Å². The van der Waals surface area contributed by atoms with Crippen LogP contribution in [0.15, 0.2) is 12.2 Å². The van der Waals surface area contributed by atoms with E-state index in [1.807, 2.05) is 0 Å². The van der Waals surface area contributed by atoms with Gasteiger partial charge in [-0.15, -0.1) is 0 Å². The van der Waals surface area contributed by atoms with Gasteiger partial charge in [-0.3, -0.25) is 0 Å². The van der Waals surface area contributed by atoms with Crippen LogP contribution < -0.4 is 0 Å². The Labute approximate surface area is 87.8 Å². The summed E-state index contributed by atoms with van der Waals surface area (Å²) < 4.78 is 0. The highest BCUT2D eigenvalue weighted by Crippen LogP contribution is 2.71. The van der Waals surface area contributed by atoms with E-state index < -0.39 is 0 Å². The fraction of sp³-hybridized carbons (Fsp3) is 0.857. The van der Waals surface area contributed by atoms with Gasteiger partial charge in [-0.1, -0.05) is 32.9 Å². The molecular weight excluding hydrogens is 168 g/mol. The minimum absolute atomic E-state index is 0.557. The van der Waals surface area contributed by atoms with Gasteiger partial charge in [0.1, 0.15) is 0 Å². The Hall–Kier alpha value is -0.260. The van der Waals surface area contributed by atoms with Crippen LogP contribution in [0.5, 0.6) is 0 Å². The van der Waals surface area contributed by atoms with Crippen LogP contribution in [0.1, 0.15) is 46.5 Å². The molecule has 0 heteroatoms. The molecule has 3 aliphatic carbocycles. The van der Waals surface area contributed by atoms with Gasteiger partial charge in [0.15, 0.2) is 0 Å². The van der Waals surface area contributed by atoms with Crippen LogP contribution >= 0.6 is 0 Å². The summed E-state index contributed by atoms with van der Waals surface area (Å²) in [6.07, 6.45) is 11.0. The molecule has 5 atom stereocenters. The summed E-state index contributed by atoms with van der Waals surface area (Å²) in [5.74, 6) is 2.85. The summed E-state index contributed by atoms with van der Waals surface area (Å²) in [5.41, 5.74) is 1.23. The molecule has 0 heterocycles. The van der Waals surface area contributed by atoms with Crippen molar-refractivity contribution in [2.24, 2.45) is 28.6 Å².